The molecule has 0 saturated heterocycles. The molecule has 0 aromatic heterocycles. The Labute approximate surface area is 227 Å². The minimum absolute atomic E-state index is 0.310. The van der Waals surface area contributed by atoms with Crippen LogP contribution in [0.3, 0.4) is 0 Å². The van der Waals surface area contributed by atoms with Gasteiger partial charge in [-0.2, -0.15) is 0 Å². The number of hydrogen-bond acceptors (Lipinski definition) is 1. The van der Waals surface area contributed by atoms with Crippen LogP contribution < -0.4 is 13.9 Å². The average molecular weight is 500 g/mol. The van der Waals surface area contributed by atoms with E-state index in [4.69, 9.17) is 14.1 Å². The number of hydrogen-bond donors (Lipinski definition) is 0. The number of aryl methyl sites for hydroxylation is 2. The van der Waals surface area contributed by atoms with Crippen LogP contribution in [0.15, 0.2) is 66.7 Å². The maximum absolute atomic E-state index is 4.85. The minimum atomic E-state index is 0.310. The molecule has 3 aromatic rings. The van der Waals surface area contributed by atoms with Crippen LogP contribution in [-0.2, 0) is 0 Å². The molecule has 0 fully saturated rings. The topological polar surface area (TPSA) is 3.24 Å². The lowest BCUT2D eigenvalue weighted by atomic mass is 10.0. The first-order valence-electron chi connectivity index (χ1n) is 13.8. The first-order chi connectivity index (χ1) is 17.3. The van der Waals surface area contributed by atoms with Crippen LogP contribution in [0.4, 0.5) is 28.4 Å². The fourth-order valence-electron chi connectivity index (χ4n) is 5.60. The maximum Gasteiger partial charge on any atom is 0.131 e. The van der Waals surface area contributed by atoms with Crippen molar-refractivity contribution in [3.8, 4) is 0 Å². The van der Waals surface area contributed by atoms with Crippen LogP contribution in [0.25, 0.3) is 0 Å². The van der Waals surface area contributed by atoms with Crippen molar-refractivity contribution in [1.82, 2.24) is 8.97 Å². The second-order valence-electron chi connectivity index (χ2n) is 11.9. The molecule has 0 N–H and O–H groups in total. The van der Waals surface area contributed by atoms with Crippen molar-refractivity contribution < 1.29 is 0 Å². The highest BCUT2D eigenvalue weighted by molar-refractivity contribution is 5.90. The molecule has 3 aromatic carbocycles. The van der Waals surface area contributed by atoms with Crippen molar-refractivity contribution in [2.75, 3.05) is 4.90 Å². The third kappa shape index (κ3) is 5.22. The number of rotatable bonds is 9. The van der Waals surface area contributed by atoms with Crippen LogP contribution >= 0.6 is 0 Å². The Morgan fingerprint density at radius 2 is 0.892 bits per heavy atom. The highest BCUT2D eigenvalue weighted by Crippen LogP contribution is 2.49. The molecular weight excluding hydrogens is 450 g/mol. The van der Waals surface area contributed by atoms with Gasteiger partial charge in [0.2, 0.25) is 0 Å². The largest absolute Gasteiger partial charge is 0.418 e. The van der Waals surface area contributed by atoms with E-state index in [9.17, 15) is 0 Å². The zero-order valence-electron chi connectivity index (χ0n) is 24.9. The second kappa shape index (κ2) is 11.0. The smallest absolute Gasteiger partial charge is 0.131 e. The van der Waals surface area contributed by atoms with Gasteiger partial charge in [0.25, 0.3) is 0 Å². The summed E-state index contributed by atoms with van der Waals surface area (Å²) in [5, 5.41) is 0. The van der Waals surface area contributed by atoms with Crippen molar-refractivity contribution in [3.05, 3.63) is 92.0 Å². The highest BCUT2D eigenvalue weighted by atomic mass is 15.4. The molecule has 0 aliphatic carbocycles. The molecule has 0 atom stereocenters. The van der Waals surface area contributed by atoms with E-state index in [2.05, 4.69) is 141 Å². The predicted octanol–water partition coefficient (Wildman–Crippen LogP) is 9.60. The zero-order valence-corrected chi connectivity index (χ0v) is 24.9. The summed E-state index contributed by atoms with van der Waals surface area (Å²) in [6.07, 6.45) is 0. The van der Waals surface area contributed by atoms with Crippen LogP contribution in [0.5, 0.6) is 0 Å². The van der Waals surface area contributed by atoms with E-state index in [1.54, 1.807) is 0 Å². The summed E-state index contributed by atoms with van der Waals surface area (Å²) >= 11 is 0. The summed E-state index contributed by atoms with van der Waals surface area (Å²) in [4.78, 5) is 2.44. The quantitative estimate of drug-likeness (QED) is 0.209. The van der Waals surface area contributed by atoms with Crippen LogP contribution in [-0.4, -0.2) is 24.2 Å². The van der Waals surface area contributed by atoms with Crippen molar-refractivity contribution >= 4 is 28.4 Å². The van der Waals surface area contributed by atoms with Gasteiger partial charge < -0.3 is 8.97 Å². The van der Waals surface area contributed by atoms with Gasteiger partial charge in [-0.15, -0.1) is 14.1 Å². The van der Waals surface area contributed by atoms with Crippen LogP contribution in [0.2, 0.25) is 0 Å². The summed E-state index contributed by atoms with van der Waals surface area (Å²) in [6, 6.07) is 25.7. The number of benzene rings is 3. The molecule has 0 amide bonds. The van der Waals surface area contributed by atoms with Crippen molar-refractivity contribution in [3.63, 3.8) is 0 Å². The summed E-state index contributed by atoms with van der Waals surface area (Å²) in [5.41, 5.74) is 8.42. The van der Waals surface area contributed by atoms with E-state index in [-0.39, 0.29) is 0 Å². The van der Waals surface area contributed by atoms with E-state index in [0.717, 1.165) is 5.69 Å². The number of quaternary nitrogens is 2. The lowest BCUT2D eigenvalue weighted by Crippen LogP contribution is -2.55. The van der Waals surface area contributed by atoms with Crippen molar-refractivity contribution in [2.45, 2.75) is 93.4 Å². The molecule has 3 heteroatoms. The van der Waals surface area contributed by atoms with E-state index in [1.807, 2.05) is 0 Å². The van der Waals surface area contributed by atoms with Gasteiger partial charge in [-0.1, -0.05) is 30.3 Å². The molecule has 0 radical (unpaired) electrons. The Hall–Kier alpha value is -2.62. The number of nitrogens with zero attached hydrogens (tertiary/aromatic N) is 3. The molecule has 3 rings (SSSR count). The maximum atomic E-state index is 4.85. The fraction of sp³-hybridized carbons (Fsp3) is 0.412. The van der Waals surface area contributed by atoms with Gasteiger partial charge in [-0.3, -0.25) is 4.90 Å². The Morgan fingerprint density at radius 3 is 1.22 bits per heavy atom. The van der Waals surface area contributed by atoms with Crippen LogP contribution in [0, 0.1) is 27.9 Å². The van der Waals surface area contributed by atoms with E-state index < -0.39 is 0 Å². The van der Waals surface area contributed by atoms with Crippen molar-refractivity contribution in [2.24, 2.45) is 0 Å². The van der Waals surface area contributed by atoms with E-state index in [1.165, 1.54) is 33.9 Å². The molecule has 0 aliphatic rings. The lowest BCUT2D eigenvalue weighted by Gasteiger charge is -2.52. The Bertz CT molecular complexity index is 1100. The van der Waals surface area contributed by atoms with Crippen molar-refractivity contribution in [1.29, 1.82) is 0 Å². The van der Waals surface area contributed by atoms with Gasteiger partial charge in [0.15, 0.2) is 0 Å². The zero-order chi connectivity index (χ0) is 27.7. The normalized spacial score (nSPS) is 12.8. The summed E-state index contributed by atoms with van der Waals surface area (Å²) in [6.45, 7) is 22.6. The third-order valence-corrected chi connectivity index (χ3v) is 8.34. The van der Waals surface area contributed by atoms with Gasteiger partial charge >= 0.3 is 0 Å². The SMILES string of the molecule is [CH2-][N+](c1cc(C)ccc1N(c1ccccc1)c1ccc(C)cc1[N+]([CH2-])(C(C)C)C(C)C)(C(C)C)C(C)C. The van der Waals surface area contributed by atoms with E-state index in [0.29, 0.717) is 33.1 Å². The monoisotopic (exact) mass is 499 g/mol. The molecule has 3 nitrogen and oxygen atoms in total. The number of para-hydroxylation sites is 1. The molecule has 0 saturated carbocycles. The lowest BCUT2D eigenvalue weighted by molar-refractivity contribution is 0.249. The minimum Gasteiger partial charge on any atom is -0.418 e. The molecule has 37 heavy (non-hydrogen) atoms. The standard InChI is InChI=1S/C34H49N3/c1-24(2)36(11,25(3)4)33-22-28(9)18-20-31(33)35(30-16-14-13-15-17-30)32-21-19-29(10)23-34(32)37(12,26(5)6)27(7)8/h13-27H,11-12H2,1-10H3. The third-order valence-electron chi connectivity index (χ3n) is 8.34. The van der Waals surface area contributed by atoms with Gasteiger partial charge in [0, 0.05) is 17.8 Å². The van der Waals surface area contributed by atoms with Gasteiger partial charge in [0.1, 0.15) is 22.7 Å². The van der Waals surface area contributed by atoms with E-state index >= 15 is 0 Å². The van der Waals surface area contributed by atoms with Gasteiger partial charge in [0.05, 0.1) is 24.2 Å². The first-order valence-corrected chi connectivity index (χ1v) is 13.8. The second-order valence-corrected chi connectivity index (χ2v) is 11.9. The Kier molecular flexibility index (Phi) is 8.61. The molecule has 0 spiro atoms. The molecule has 0 heterocycles. The molecular formula is C34H49N3. The first kappa shape index (κ1) is 28.9. The number of anilines is 3. The summed E-state index contributed by atoms with van der Waals surface area (Å²) < 4.78 is 1.19. The molecule has 0 aliphatic heterocycles. The summed E-state index contributed by atoms with van der Waals surface area (Å²) in [7, 11) is 9.69. The average Bonchev–Trinajstić information content (AvgIpc) is 2.84. The molecule has 0 unspecified atom stereocenters. The molecule has 0 bridgehead atoms. The summed E-state index contributed by atoms with van der Waals surface area (Å²) in [5.74, 6) is 0. The predicted molar refractivity (Wildman–Crippen MR) is 165 cm³/mol. The molecule has 200 valence electrons. The van der Waals surface area contributed by atoms with Crippen LogP contribution in [0.1, 0.15) is 66.5 Å². The van der Waals surface area contributed by atoms with Gasteiger partial charge in [-0.05, 0) is 105 Å². The Balaban J connectivity index is 2.49. The Morgan fingerprint density at radius 1 is 0.541 bits per heavy atom. The highest BCUT2D eigenvalue weighted by Gasteiger charge is 2.35. The van der Waals surface area contributed by atoms with Gasteiger partial charge in [-0.25, -0.2) is 0 Å². The fourth-order valence-corrected chi connectivity index (χ4v) is 5.60.